The monoisotopic (exact) mass is 484 g/mol. The quantitative estimate of drug-likeness (QED) is 0.344. The number of hydrogen-bond donors (Lipinski definition) is 0. The molecule has 0 spiro atoms. The summed E-state index contributed by atoms with van der Waals surface area (Å²) < 4.78 is 2.91. The van der Waals surface area contributed by atoms with Crippen LogP contribution in [-0.2, 0) is 10.3 Å². The molecule has 3 nitrogen and oxygen atoms in total. The highest BCUT2D eigenvalue weighted by atomic mass is 79.9. The SMILES string of the molecule is CC1(c2cc(Br)cc(Br)c2)C(Cl)C(=O)N1c1nc2ccccc2s1. The summed E-state index contributed by atoms with van der Waals surface area (Å²) in [6, 6.07) is 13.8. The molecule has 1 aliphatic rings. The van der Waals surface area contributed by atoms with E-state index < -0.39 is 10.9 Å². The van der Waals surface area contributed by atoms with Gasteiger partial charge >= 0.3 is 0 Å². The number of β-lactam (4-membered cyclic amide) rings is 1. The van der Waals surface area contributed by atoms with E-state index in [1.807, 2.05) is 49.4 Å². The van der Waals surface area contributed by atoms with E-state index in [1.54, 1.807) is 4.90 Å². The van der Waals surface area contributed by atoms with Crippen molar-refractivity contribution in [2.45, 2.75) is 17.8 Å². The highest BCUT2D eigenvalue weighted by Gasteiger charge is 2.59. The average Bonchev–Trinajstić information content (AvgIpc) is 2.96. The lowest BCUT2D eigenvalue weighted by molar-refractivity contribution is -0.126. The van der Waals surface area contributed by atoms with Gasteiger partial charge in [-0.2, -0.15) is 0 Å². The van der Waals surface area contributed by atoms with E-state index in [1.165, 1.54) is 11.3 Å². The van der Waals surface area contributed by atoms with E-state index in [0.29, 0.717) is 5.13 Å². The maximum Gasteiger partial charge on any atom is 0.250 e. The van der Waals surface area contributed by atoms with Crippen molar-refractivity contribution in [2.24, 2.45) is 0 Å². The molecule has 0 N–H and O–H groups in total. The summed E-state index contributed by atoms with van der Waals surface area (Å²) in [5, 5.41) is 0.0578. The number of alkyl halides is 1. The van der Waals surface area contributed by atoms with E-state index >= 15 is 0 Å². The Balaban J connectivity index is 1.85. The van der Waals surface area contributed by atoms with E-state index in [-0.39, 0.29) is 5.91 Å². The van der Waals surface area contributed by atoms with E-state index in [2.05, 4.69) is 36.8 Å². The first-order valence-electron chi connectivity index (χ1n) is 7.21. The van der Waals surface area contributed by atoms with Gasteiger partial charge < -0.3 is 0 Å². The van der Waals surface area contributed by atoms with Crippen molar-refractivity contribution in [1.29, 1.82) is 0 Å². The molecule has 24 heavy (non-hydrogen) atoms. The Morgan fingerprint density at radius 3 is 2.54 bits per heavy atom. The molecule has 1 aromatic heterocycles. The number of carbonyl (C=O) groups is 1. The fourth-order valence-corrected chi connectivity index (χ4v) is 5.69. The third kappa shape index (κ3) is 2.35. The summed E-state index contributed by atoms with van der Waals surface area (Å²) >= 11 is 15.0. The molecule has 1 saturated heterocycles. The van der Waals surface area contributed by atoms with Gasteiger partial charge in [-0.3, -0.25) is 9.69 Å². The van der Waals surface area contributed by atoms with Crippen LogP contribution in [0.2, 0.25) is 0 Å². The molecule has 0 bridgehead atoms. The van der Waals surface area contributed by atoms with Crippen LogP contribution in [0.4, 0.5) is 5.13 Å². The lowest BCUT2D eigenvalue weighted by Crippen LogP contribution is -2.69. The second-order valence-corrected chi connectivity index (χ2v) is 9.08. The van der Waals surface area contributed by atoms with Crippen molar-refractivity contribution in [2.75, 3.05) is 4.90 Å². The first kappa shape index (κ1) is 16.5. The lowest BCUT2D eigenvalue weighted by Gasteiger charge is -2.52. The molecular formula is C17H11Br2ClN2OS. The predicted octanol–water partition coefficient (Wildman–Crippen LogP) is 5.69. The zero-order valence-corrected chi connectivity index (χ0v) is 17.2. The number of halogens is 3. The van der Waals surface area contributed by atoms with Gasteiger partial charge in [-0.15, -0.1) is 11.6 Å². The van der Waals surface area contributed by atoms with Crippen molar-refractivity contribution >= 4 is 76.1 Å². The summed E-state index contributed by atoms with van der Waals surface area (Å²) in [6.07, 6.45) is 0. The fraction of sp³-hybridized carbons (Fsp3) is 0.176. The standard InChI is InChI=1S/C17H11Br2ClN2OS/c1-17(9-6-10(18)8-11(19)7-9)14(20)15(23)22(17)16-21-12-4-2-3-5-13(12)24-16/h2-8,14H,1H3. The van der Waals surface area contributed by atoms with Crippen molar-refractivity contribution in [3.05, 3.63) is 57.0 Å². The largest absolute Gasteiger partial charge is 0.275 e. The Morgan fingerprint density at radius 1 is 1.21 bits per heavy atom. The maximum atomic E-state index is 12.5. The highest BCUT2D eigenvalue weighted by Crippen LogP contribution is 2.49. The Kier molecular flexibility index (Phi) is 3.99. The second kappa shape index (κ2) is 5.80. The molecule has 7 heteroatoms. The Labute approximate surface area is 164 Å². The lowest BCUT2D eigenvalue weighted by atomic mass is 9.79. The number of hydrogen-bond acceptors (Lipinski definition) is 3. The minimum absolute atomic E-state index is 0.116. The molecule has 3 aromatic rings. The zero-order chi connectivity index (χ0) is 17.1. The number of rotatable bonds is 2. The summed E-state index contributed by atoms with van der Waals surface area (Å²) in [6.45, 7) is 1.98. The van der Waals surface area contributed by atoms with Crippen LogP contribution >= 0.6 is 54.8 Å². The van der Waals surface area contributed by atoms with Crippen molar-refractivity contribution < 1.29 is 4.79 Å². The first-order chi connectivity index (χ1) is 11.4. The number of anilines is 1. The second-order valence-electron chi connectivity index (χ2n) is 5.81. The molecule has 2 aromatic carbocycles. The van der Waals surface area contributed by atoms with Gasteiger partial charge in [-0.25, -0.2) is 4.98 Å². The van der Waals surface area contributed by atoms with Crippen LogP contribution in [0.5, 0.6) is 0 Å². The topological polar surface area (TPSA) is 33.2 Å². The van der Waals surface area contributed by atoms with Gasteiger partial charge in [0.2, 0.25) is 5.91 Å². The average molecular weight is 487 g/mol. The number of benzene rings is 2. The van der Waals surface area contributed by atoms with Gasteiger partial charge in [0.25, 0.3) is 0 Å². The number of fused-ring (bicyclic) bond motifs is 1. The molecule has 1 fully saturated rings. The maximum absolute atomic E-state index is 12.5. The highest BCUT2D eigenvalue weighted by molar-refractivity contribution is 9.11. The van der Waals surface area contributed by atoms with E-state index in [4.69, 9.17) is 11.6 Å². The first-order valence-corrected chi connectivity index (χ1v) is 10.1. The van der Waals surface area contributed by atoms with Gasteiger partial charge in [0, 0.05) is 8.95 Å². The molecule has 1 aliphatic heterocycles. The third-order valence-corrected chi connectivity index (χ3v) is 6.86. The molecule has 1 amide bonds. The van der Waals surface area contributed by atoms with Gasteiger partial charge in [0.15, 0.2) is 5.13 Å². The predicted molar refractivity (Wildman–Crippen MR) is 106 cm³/mol. The minimum atomic E-state index is -0.640. The van der Waals surface area contributed by atoms with Gasteiger partial charge in [0.05, 0.1) is 15.8 Å². The number of thiazole rings is 1. The van der Waals surface area contributed by atoms with Crippen LogP contribution in [0.1, 0.15) is 12.5 Å². The summed E-state index contributed by atoms with van der Waals surface area (Å²) in [5.41, 5.74) is 1.21. The van der Waals surface area contributed by atoms with Crippen molar-refractivity contribution in [1.82, 2.24) is 4.98 Å². The Morgan fingerprint density at radius 2 is 1.88 bits per heavy atom. The van der Waals surface area contributed by atoms with E-state index in [0.717, 1.165) is 24.7 Å². The number of carbonyl (C=O) groups excluding carboxylic acids is 1. The van der Waals surface area contributed by atoms with Gasteiger partial charge in [-0.1, -0.05) is 55.3 Å². The minimum Gasteiger partial charge on any atom is -0.275 e. The smallest absolute Gasteiger partial charge is 0.250 e. The van der Waals surface area contributed by atoms with Crippen molar-refractivity contribution in [3.63, 3.8) is 0 Å². The number of nitrogens with zero attached hydrogens (tertiary/aromatic N) is 2. The fourth-order valence-electron chi connectivity index (χ4n) is 3.00. The molecule has 0 radical (unpaired) electrons. The summed E-state index contributed by atoms with van der Waals surface area (Å²) in [7, 11) is 0. The van der Waals surface area contributed by atoms with Crippen LogP contribution in [-0.4, -0.2) is 16.3 Å². The number of para-hydroxylation sites is 1. The molecule has 2 unspecified atom stereocenters. The van der Waals surface area contributed by atoms with Crippen LogP contribution < -0.4 is 4.90 Å². The molecule has 0 aliphatic carbocycles. The van der Waals surface area contributed by atoms with Crippen LogP contribution in [0.25, 0.3) is 10.2 Å². The van der Waals surface area contributed by atoms with E-state index in [9.17, 15) is 4.79 Å². The number of aromatic nitrogens is 1. The van der Waals surface area contributed by atoms with Gasteiger partial charge in [0.1, 0.15) is 5.38 Å². The zero-order valence-electron chi connectivity index (χ0n) is 12.5. The van der Waals surface area contributed by atoms with Crippen LogP contribution in [0, 0.1) is 0 Å². The molecule has 122 valence electrons. The normalized spacial score (nSPS) is 23.6. The number of amides is 1. The Bertz CT molecular complexity index is 923. The third-order valence-electron chi connectivity index (χ3n) is 4.32. The van der Waals surface area contributed by atoms with Crippen molar-refractivity contribution in [3.8, 4) is 0 Å². The summed E-state index contributed by atoms with van der Waals surface area (Å²) in [5.74, 6) is -0.116. The summed E-state index contributed by atoms with van der Waals surface area (Å²) in [4.78, 5) is 18.9. The Hall–Kier alpha value is -0.950. The molecular weight excluding hydrogens is 476 g/mol. The van der Waals surface area contributed by atoms with Crippen LogP contribution in [0.3, 0.4) is 0 Å². The molecule has 2 atom stereocenters. The molecule has 0 saturated carbocycles. The van der Waals surface area contributed by atoms with Gasteiger partial charge in [-0.05, 0) is 42.8 Å². The molecule has 4 rings (SSSR count). The molecule has 2 heterocycles. The van der Waals surface area contributed by atoms with Crippen LogP contribution in [0.15, 0.2) is 51.4 Å².